The van der Waals surface area contributed by atoms with Gasteiger partial charge in [0, 0.05) is 32.3 Å². The van der Waals surface area contributed by atoms with Crippen molar-refractivity contribution in [2.75, 3.05) is 46.0 Å². The number of rotatable bonds is 7. The number of hydrogen-bond donors (Lipinski definition) is 1. The molecule has 19 heavy (non-hydrogen) atoms. The van der Waals surface area contributed by atoms with Crippen LogP contribution < -0.4 is 5.32 Å². The van der Waals surface area contributed by atoms with E-state index < -0.39 is 10.0 Å². The smallest absolute Gasteiger partial charge is 0.243 e. The molecule has 0 aromatic carbocycles. The van der Waals surface area contributed by atoms with E-state index in [9.17, 15) is 13.2 Å². The molecule has 0 aromatic rings. The van der Waals surface area contributed by atoms with Crippen LogP contribution in [0.4, 0.5) is 0 Å². The third-order valence-electron chi connectivity index (χ3n) is 2.86. The lowest BCUT2D eigenvalue weighted by Crippen LogP contribution is -2.35. The molecule has 0 atom stereocenters. The third-order valence-corrected chi connectivity index (χ3v) is 4.73. The fraction of sp³-hybridized carbons (Fsp3) is 0.750. The van der Waals surface area contributed by atoms with E-state index in [1.807, 2.05) is 19.0 Å². The second-order valence-electron chi connectivity index (χ2n) is 4.88. The Bertz CT molecular complexity index is 412. The van der Waals surface area contributed by atoms with Gasteiger partial charge in [0.15, 0.2) is 0 Å². The number of sulfonamides is 1. The van der Waals surface area contributed by atoms with Gasteiger partial charge in [-0.15, -0.1) is 0 Å². The minimum absolute atomic E-state index is 0.0275. The molecule has 1 heterocycles. The van der Waals surface area contributed by atoms with Crippen molar-refractivity contribution in [1.29, 1.82) is 0 Å². The first-order valence-electron chi connectivity index (χ1n) is 6.49. The minimum Gasteiger partial charge on any atom is -0.351 e. The van der Waals surface area contributed by atoms with Crippen molar-refractivity contribution in [2.45, 2.75) is 12.8 Å². The van der Waals surface area contributed by atoms with Crippen molar-refractivity contribution in [3.63, 3.8) is 0 Å². The first-order chi connectivity index (χ1) is 8.92. The van der Waals surface area contributed by atoms with Gasteiger partial charge in [-0.2, -0.15) is 0 Å². The summed E-state index contributed by atoms with van der Waals surface area (Å²) in [5.41, 5.74) is 0. The van der Waals surface area contributed by atoms with Gasteiger partial charge in [0.1, 0.15) is 0 Å². The van der Waals surface area contributed by atoms with Crippen molar-refractivity contribution in [1.82, 2.24) is 14.5 Å². The third kappa shape index (κ3) is 6.17. The van der Waals surface area contributed by atoms with Crippen LogP contribution in [0.2, 0.25) is 0 Å². The molecule has 1 aliphatic heterocycles. The van der Waals surface area contributed by atoms with Crippen molar-refractivity contribution >= 4 is 15.9 Å². The van der Waals surface area contributed by atoms with Crippen LogP contribution in [0.3, 0.4) is 0 Å². The Hall–Kier alpha value is -0.920. The lowest BCUT2D eigenvalue weighted by Gasteiger charge is -2.15. The molecule has 1 aliphatic rings. The maximum atomic E-state index is 11.9. The van der Waals surface area contributed by atoms with Gasteiger partial charge in [0.05, 0.1) is 5.75 Å². The molecule has 0 bridgehead atoms. The minimum atomic E-state index is -3.20. The van der Waals surface area contributed by atoms with E-state index in [0.717, 1.165) is 12.8 Å². The number of amides is 1. The van der Waals surface area contributed by atoms with Crippen molar-refractivity contribution in [2.24, 2.45) is 0 Å². The van der Waals surface area contributed by atoms with Crippen molar-refractivity contribution < 1.29 is 13.2 Å². The molecule has 0 unspecified atom stereocenters. The zero-order valence-corrected chi connectivity index (χ0v) is 12.4. The molecule has 0 aliphatic carbocycles. The molecule has 1 N–H and O–H groups in total. The average Bonchev–Trinajstić information content (AvgIpc) is 2.82. The first-order valence-corrected chi connectivity index (χ1v) is 8.09. The number of nitrogens with zero attached hydrogens (tertiary/aromatic N) is 2. The maximum Gasteiger partial charge on any atom is 0.243 e. The van der Waals surface area contributed by atoms with Crippen LogP contribution in [-0.2, 0) is 14.8 Å². The van der Waals surface area contributed by atoms with Gasteiger partial charge in [0.25, 0.3) is 0 Å². The van der Waals surface area contributed by atoms with Crippen LogP contribution >= 0.6 is 0 Å². The Labute approximate surface area is 115 Å². The maximum absolute atomic E-state index is 11.9. The summed E-state index contributed by atoms with van der Waals surface area (Å²) in [6.45, 7) is 2.06. The summed E-state index contributed by atoms with van der Waals surface area (Å²) in [5.74, 6) is -0.279. The molecule has 1 amide bonds. The Morgan fingerprint density at radius 2 is 1.95 bits per heavy atom. The first kappa shape index (κ1) is 16.1. The highest BCUT2D eigenvalue weighted by Crippen LogP contribution is 2.12. The SMILES string of the molecule is CN(C)C/C=C/C(=O)NCCS(=O)(=O)N1CCCC1. The van der Waals surface area contributed by atoms with Gasteiger partial charge in [-0.05, 0) is 26.9 Å². The van der Waals surface area contributed by atoms with Crippen molar-refractivity contribution in [3.8, 4) is 0 Å². The topological polar surface area (TPSA) is 69.7 Å². The highest BCUT2D eigenvalue weighted by molar-refractivity contribution is 7.89. The van der Waals surface area contributed by atoms with Crippen LogP contribution in [0.1, 0.15) is 12.8 Å². The molecule has 1 saturated heterocycles. The van der Waals surface area contributed by atoms with E-state index in [0.29, 0.717) is 19.6 Å². The normalized spacial score (nSPS) is 17.4. The van der Waals surface area contributed by atoms with Crippen molar-refractivity contribution in [3.05, 3.63) is 12.2 Å². The van der Waals surface area contributed by atoms with Crippen LogP contribution in [0.15, 0.2) is 12.2 Å². The fourth-order valence-corrected chi connectivity index (χ4v) is 3.26. The molecular weight excluding hydrogens is 266 g/mol. The average molecular weight is 289 g/mol. The number of carbonyl (C=O) groups is 1. The molecule has 0 aromatic heterocycles. The summed E-state index contributed by atoms with van der Waals surface area (Å²) in [7, 11) is 0.612. The van der Waals surface area contributed by atoms with E-state index in [4.69, 9.17) is 0 Å². The summed E-state index contributed by atoms with van der Waals surface area (Å²) >= 11 is 0. The molecular formula is C12H23N3O3S. The summed E-state index contributed by atoms with van der Waals surface area (Å²) in [6, 6.07) is 0. The molecule has 0 spiro atoms. The van der Waals surface area contributed by atoms with Crippen LogP contribution in [0.25, 0.3) is 0 Å². The monoisotopic (exact) mass is 289 g/mol. The van der Waals surface area contributed by atoms with Gasteiger partial charge in [-0.25, -0.2) is 12.7 Å². The zero-order chi connectivity index (χ0) is 14.3. The Kier molecular flexibility index (Phi) is 6.47. The summed E-state index contributed by atoms with van der Waals surface area (Å²) in [5, 5.41) is 2.59. The van der Waals surface area contributed by atoms with E-state index in [-0.39, 0.29) is 18.2 Å². The quantitative estimate of drug-likeness (QED) is 0.650. The van der Waals surface area contributed by atoms with Crippen LogP contribution in [0.5, 0.6) is 0 Å². The molecule has 1 rings (SSSR count). The van der Waals surface area contributed by atoms with Gasteiger partial charge >= 0.3 is 0 Å². The highest BCUT2D eigenvalue weighted by Gasteiger charge is 2.24. The fourth-order valence-electron chi connectivity index (χ4n) is 1.83. The van der Waals surface area contributed by atoms with Crippen LogP contribution in [0, 0.1) is 0 Å². The predicted octanol–water partition coefficient (Wildman–Crippen LogP) is -0.354. The lowest BCUT2D eigenvalue weighted by molar-refractivity contribution is -0.116. The highest BCUT2D eigenvalue weighted by atomic mass is 32.2. The van der Waals surface area contributed by atoms with E-state index >= 15 is 0 Å². The van der Waals surface area contributed by atoms with Gasteiger partial charge in [0.2, 0.25) is 15.9 Å². The number of nitrogens with one attached hydrogen (secondary N) is 1. The molecule has 1 fully saturated rings. The largest absolute Gasteiger partial charge is 0.351 e. The number of carbonyl (C=O) groups excluding carboxylic acids is 1. The molecule has 7 heteroatoms. The molecule has 0 radical (unpaired) electrons. The second-order valence-corrected chi connectivity index (χ2v) is 6.97. The number of hydrogen-bond acceptors (Lipinski definition) is 4. The molecule has 110 valence electrons. The predicted molar refractivity (Wildman–Crippen MR) is 75.3 cm³/mol. The second kappa shape index (κ2) is 7.62. The summed E-state index contributed by atoms with van der Waals surface area (Å²) < 4.78 is 25.2. The summed E-state index contributed by atoms with van der Waals surface area (Å²) in [4.78, 5) is 13.3. The van der Waals surface area contributed by atoms with Gasteiger partial charge in [-0.1, -0.05) is 6.08 Å². The standard InChI is InChI=1S/C12H23N3O3S/c1-14(2)8-5-6-12(16)13-7-11-19(17,18)15-9-3-4-10-15/h5-6H,3-4,7-11H2,1-2H3,(H,13,16)/b6-5+. The van der Waals surface area contributed by atoms with Crippen LogP contribution in [-0.4, -0.2) is 69.6 Å². The van der Waals surface area contributed by atoms with E-state index in [1.165, 1.54) is 10.4 Å². The lowest BCUT2D eigenvalue weighted by atomic mass is 10.4. The number of likely N-dealkylation sites (N-methyl/N-ethyl adjacent to an activating group) is 1. The zero-order valence-electron chi connectivity index (χ0n) is 11.6. The van der Waals surface area contributed by atoms with Gasteiger partial charge < -0.3 is 10.2 Å². The van der Waals surface area contributed by atoms with Gasteiger partial charge in [-0.3, -0.25) is 4.79 Å². The van der Waals surface area contributed by atoms with E-state index in [1.54, 1.807) is 6.08 Å². The Balaban J connectivity index is 2.25. The Morgan fingerprint density at radius 3 is 2.53 bits per heavy atom. The molecule has 6 nitrogen and oxygen atoms in total. The Morgan fingerprint density at radius 1 is 1.32 bits per heavy atom. The molecule has 0 saturated carbocycles. The summed E-state index contributed by atoms with van der Waals surface area (Å²) in [6.07, 6.45) is 5.03. The van der Waals surface area contributed by atoms with E-state index in [2.05, 4.69) is 5.32 Å².